The molecule has 2 heterocycles. The molecule has 0 aliphatic carbocycles. The summed E-state index contributed by atoms with van der Waals surface area (Å²) in [7, 11) is 1.63. The Morgan fingerprint density at radius 1 is 1.35 bits per heavy atom. The number of furan rings is 1. The number of hydrogen-bond acceptors (Lipinski definition) is 5. The Hall–Kier alpha value is -2.05. The van der Waals surface area contributed by atoms with E-state index in [-0.39, 0.29) is 5.91 Å². The predicted octanol–water partition coefficient (Wildman–Crippen LogP) is 4.18. The van der Waals surface area contributed by atoms with Crippen LogP contribution in [0.1, 0.15) is 12.7 Å². The van der Waals surface area contributed by atoms with E-state index in [1.807, 2.05) is 43.3 Å². The second-order valence-electron chi connectivity index (χ2n) is 4.86. The van der Waals surface area contributed by atoms with Crippen molar-refractivity contribution in [3.05, 3.63) is 47.1 Å². The van der Waals surface area contributed by atoms with Gasteiger partial charge in [0.05, 0.1) is 12.0 Å². The lowest BCUT2D eigenvalue weighted by molar-refractivity contribution is -0.121. The van der Waals surface area contributed by atoms with Crippen molar-refractivity contribution in [1.29, 1.82) is 0 Å². The molecule has 0 bridgehead atoms. The highest BCUT2D eigenvalue weighted by Gasteiger charge is 2.30. The smallest absolute Gasteiger partial charge is 0.266 e. The SMILES string of the molecule is CCN1C(=O)/C(=C/c2ccc(-c3cccc(OC)c3)o2)SC1=S. The lowest BCUT2D eigenvalue weighted by Crippen LogP contribution is -2.27. The molecule has 1 amide bonds. The van der Waals surface area contributed by atoms with Crippen molar-refractivity contribution < 1.29 is 13.9 Å². The van der Waals surface area contributed by atoms with Crippen LogP contribution in [0.5, 0.6) is 5.75 Å². The maximum atomic E-state index is 12.2. The Morgan fingerprint density at radius 3 is 2.87 bits per heavy atom. The lowest BCUT2D eigenvalue weighted by atomic mass is 10.2. The molecule has 1 aromatic carbocycles. The topological polar surface area (TPSA) is 42.7 Å². The highest BCUT2D eigenvalue weighted by Crippen LogP contribution is 2.33. The van der Waals surface area contributed by atoms with Crippen LogP contribution < -0.4 is 4.74 Å². The minimum absolute atomic E-state index is 0.0677. The van der Waals surface area contributed by atoms with Gasteiger partial charge in [0, 0.05) is 18.2 Å². The van der Waals surface area contributed by atoms with E-state index in [2.05, 4.69) is 0 Å². The molecule has 3 rings (SSSR count). The van der Waals surface area contributed by atoms with Crippen LogP contribution >= 0.6 is 24.0 Å². The fourth-order valence-electron chi connectivity index (χ4n) is 2.26. The third-order valence-electron chi connectivity index (χ3n) is 3.44. The van der Waals surface area contributed by atoms with Crippen LogP contribution in [0.15, 0.2) is 45.7 Å². The van der Waals surface area contributed by atoms with Gasteiger partial charge in [0.2, 0.25) is 0 Å². The number of amides is 1. The molecule has 0 atom stereocenters. The van der Waals surface area contributed by atoms with E-state index < -0.39 is 0 Å². The van der Waals surface area contributed by atoms with Crippen LogP contribution in [-0.4, -0.2) is 28.8 Å². The van der Waals surface area contributed by atoms with Gasteiger partial charge in [0.25, 0.3) is 5.91 Å². The van der Waals surface area contributed by atoms with Crippen molar-refractivity contribution in [1.82, 2.24) is 4.90 Å². The summed E-state index contributed by atoms with van der Waals surface area (Å²) in [5, 5.41) is 0. The molecule has 0 radical (unpaired) electrons. The highest BCUT2D eigenvalue weighted by molar-refractivity contribution is 8.26. The Labute approximate surface area is 144 Å². The third-order valence-corrected chi connectivity index (χ3v) is 4.82. The van der Waals surface area contributed by atoms with Gasteiger partial charge in [-0.15, -0.1) is 0 Å². The normalized spacial score (nSPS) is 16.4. The van der Waals surface area contributed by atoms with Crippen molar-refractivity contribution in [3.63, 3.8) is 0 Å². The molecule has 1 fully saturated rings. The van der Waals surface area contributed by atoms with Crippen LogP contribution in [0, 0.1) is 0 Å². The van der Waals surface area contributed by atoms with Gasteiger partial charge in [0.15, 0.2) is 0 Å². The molecule has 0 spiro atoms. The maximum absolute atomic E-state index is 12.2. The molecule has 0 N–H and O–H groups in total. The summed E-state index contributed by atoms with van der Waals surface area (Å²) in [4.78, 5) is 14.4. The van der Waals surface area contributed by atoms with Crippen LogP contribution in [-0.2, 0) is 4.79 Å². The fourth-order valence-corrected chi connectivity index (χ4v) is 3.63. The summed E-state index contributed by atoms with van der Waals surface area (Å²) < 4.78 is 11.6. The van der Waals surface area contributed by atoms with Crippen molar-refractivity contribution >= 4 is 40.3 Å². The molecule has 118 valence electrons. The van der Waals surface area contributed by atoms with E-state index in [0.29, 0.717) is 21.5 Å². The van der Waals surface area contributed by atoms with Gasteiger partial charge >= 0.3 is 0 Å². The zero-order valence-corrected chi connectivity index (χ0v) is 14.4. The van der Waals surface area contributed by atoms with Crippen molar-refractivity contribution in [2.24, 2.45) is 0 Å². The second-order valence-corrected chi connectivity index (χ2v) is 6.54. The molecule has 1 aliphatic heterocycles. The molecule has 0 unspecified atom stereocenters. The number of thioether (sulfide) groups is 1. The number of methoxy groups -OCH3 is 1. The van der Waals surface area contributed by atoms with Gasteiger partial charge in [0.1, 0.15) is 21.6 Å². The van der Waals surface area contributed by atoms with Gasteiger partial charge in [-0.2, -0.15) is 0 Å². The van der Waals surface area contributed by atoms with E-state index >= 15 is 0 Å². The first-order valence-corrected chi connectivity index (χ1v) is 8.34. The molecule has 1 aromatic heterocycles. The number of carbonyl (C=O) groups is 1. The zero-order chi connectivity index (χ0) is 16.4. The standard InChI is InChI=1S/C17H15NO3S2/c1-3-18-16(19)15(23-17(18)22)10-13-7-8-14(21-13)11-5-4-6-12(9-11)20-2/h4-10H,3H2,1-2H3/b15-10-. The summed E-state index contributed by atoms with van der Waals surface area (Å²) in [5.41, 5.74) is 0.921. The molecule has 1 aliphatic rings. The minimum Gasteiger partial charge on any atom is -0.497 e. The first kappa shape index (κ1) is 15.8. The molecule has 0 saturated carbocycles. The van der Waals surface area contributed by atoms with Gasteiger partial charge in [-0.05, 0) is 31.2 Å². The molecule has 6 heteroatoms. The van der Waals surface area contributed by atoms with Gasteiger partial charge in [-0.3, -0.25) is 9.69 Å². The Kier molecular flexibility index (Phi) is 4.54. The van der Waals surface area contributed by atoms with Gasteiger partial charge in [-0.1, -0.05) is 36.1 Å². The molecule has 4 nitrogen and oxygen atoms in total. The maximum Gasteiger partial charge on any atom is 0.266 e. The van der Waals surface area contributed by atoms with E-state index in [1.165, 1.54) is 11.8 Å². The van der Waals surface area contributed by atoms with Gasteiger partial charge < -0.3 is 9.15 Å². The number of benzene rings is 1. The van der Waals surface area contributed by atoms with Crippen molar-refractivity contribution in [3.8, 4) is 17.1 Å². The number of nitrogens with zero attached hydrogens (tertiary/aromatic N) is 1. The lowest BCUT2D eigenvalue weighted by Gasteiger charge is -2.09. The summed E-state index contributed by atoms with van der Waals surface area (Å²) in [6.45, 7) is 2.48. The molecular formula is C17H15NO3S2. The van der Waals surface area contributed by atoms with Crippen LogP contribution in [0.4, 0.5) is 0 Å². The molecule has 23 heavy (non-hydrogen) atoms. The number of hydrogen-bond donors (Lipinski definition) is 0. The summed E-state index contributed by atoms with van der Waals surface area (Å²) in [6.07, 6.45) is 1.73. The Bertz CT molecular complexity index is 795. The first-order chi connectivity index (χ1) is 11.1. The number of rotatable bonds is 4. The third kappa shape index (κ3) is 3.18. The second kappa shape index (κ2) is 6.60. The monoisotopic (exact) mass is 345 g/mol. The predicted molar refractivity (Wildman–Crippen MR) is 96.2 cm³/mol. The number of thiocarbonyl (C=S) groups is 1. The Balaban J connectivity index is 1.86. The average Bonchev–Trinajstić information content (AvgIpc) is 3.13. The zero-order valence-electron chi connectivity index (χ0n) is 12.7. The van der Waals surface area contributed by atoms with E-state index in [1.54, 1.807) is 18.1 Å². The van der Waals surface area contributed by atoms with Crippen LogP contribution in [0.3, 0.4) is 0 Å². The van der Waals surface area contributed by atoms with Crippen molar-refractivity contribution in [2.45, 2.75) is 6.92 Å². The van der Waals surface area contributed by atoms with Crippen molar-refractivity contribution in [2.75, 3.05) is 13.7 Å². The number of carbonyl (C=O) groups excluding carboxylic acids is 1. The van der Waals surface area contributed by atoms with Crippen LogP contribution in [0.25, 0.3) is 17.4 Å². The van der Waals surface area contributed by atoms with Gasteiger partial charge in [-0.25, -0.2) is 0 Å². The number of ether oxygens (including phenoxy) is 1. The minimum atomic E-state index is -0.0677. The largest absolute Gasteiger partial charge is 0.497 e. The van der Waals surface area contributed by atoms with E-state index in [9.17, 15) is 4.79 Å². The van der Waals surface area contributed by atoms with E-state index in [0.717, 1.165) is 17.1 Å². The highest BCUT2D eigenvalue weighted by atomic mass is 32.2. The number of likely N-dealkylation sites (N-methyl/N-ethyl adjacent to an activating group) is 1. The average molecular weight is 345 g/mol. The summed E-state index contributed by atoms with van der Waals surface area (Å²) in [5.74, 6) is 2.05. The molecule has 1 saturated heterocycles. The van der Waals surface area contributed by atoms with E-state index in [4.69, 9.17) is 21.4 Å². The van der Waals surface area contributed by atoms with Crippen LogP contribution in [0.2, 0.25) is 0 Å². The molecule has 2 aromatic rings. The fraction of sp³-hybridized carbons (Fsp3) is 0.176. The summed E-state index contributed by atoms with van der Waals surface area (Å²) >= 11 is 6.50. The Morgan fingerprint density at radius 2 is 2.17 bits per heavy atom. The molecular weight excluding hydrogens is 330 g/mol. The quantitative estimate of drug-likeness (QED) is 0.614. The first-order valence-electron chi connectivity index (χ1n) is 7.12. The summed E-state index contributed by atoms with van der Waals surface area (Å²) in [6, 6.07) is 11.3.